The van der Waals surface area contributed by atoms with E-state index in [1.54, 1.807) is 23.5 Å². The summed E-state index contributed by atoms with van der Waals surface area (Å²) in [6, 6.07) is 7.36. The third-order valence-corrected chi connectivity index (χ3v) is 5.03. The number of carbonyl (C=O) groups is 1. The van der Waals surface area contributed by atoms with E-state index in [9.17, 15) is 4.79 Å². The first-order valence-corrected chi connectivity index (χ1v) is 8.33. The Kier molecular flexibility index (Phi) is 4.51. The third kappa shape index (κ3) is 3.41. The molecule has 1 amide bonds. The minimum absolute atomic E-state index is 0.0671. The lowest BCUT2D eigenvalue weighted by atomic mass is 9.96. The fourth-order valence-electron chi connectivity index (χ4n) is 2.83. The Balaban J connectivity index is 1.77. The predicted octanol–water partition coefficient (Wildman–Crippen LogP) is 3.85. The van der Waals surface area contributed by atoms with Crippen LogP contribution in [-0.4, -0.2) is 16.1 Å². The van der Waals surface area contributed by atoms with Gasteiger partial charge in [-0.1, -0.05) is 30.5 Å². The quantitative estimate of drug-likeness (QED) is 0.930. The molecule has 1 saturated carbocycles. The molecule has 2 aromatic rings. The van der Waals surface area contributed by atoms with E-state index in [-0.39, 0.29) is 17.1 Å². The highest BCUT2D eigenvalue weighted by Crippen LogP contribution is 2.37. The normalized spacial score (nSPS) is 16.8. The maximum atomic E-state index is 12.4. The van der Waals surface area contributed by atoms with Crippen molar-refractivity contribution in [1.82, 2.24) is 15.5 Å². The number of halogens is 1. The lowest BCUT2D eigenvalue weighted by Crippen LogP contribution is -2.32. The number of amides is 1. The van der Waals surface area contributed by atoms with Crippen LogP contribution in [0.3, 0.4) is 0 Å². The molecule has 0 aromatic carbocycles. The summed E-state index contributed by atoms with van der Waals surface area (Å²) in [6.07, 6.45) is 4.80. The smallest absolute Gasteiger partial charge is 0.272 e. The molecule has 0 saturated heterocycles. The Morgan fingerprint density at radius 2 is 2.10 bits per heavy atom. The second kappa shape index (κ2) is 6.54. The molecule has 6 heteroatoms. The van der Waals surface area contributed by atoms with Crippen molar-refractivity contribution in [2.75, 3.05) is 0 Å². The Hall–Kier alpha value is -1.46. The van der Waals surface area contributed by atoms with Crippen LogP contribution in [0.5, 0.6) is 0 Å². The first kappa shape index (κ1) is 14.5. The van der Waals surface area contributed by atoms with Crippen LogP contribution >= 0.6 is 22.9 Å². The van der Waals surface area contributed by atoms with Crippen LogP contribution < -0.4 is 5.32 Å². The van der Waals surface area contributed by atoms with E-state index in [1.165, 1.54) is 17.7 Å². The zero-order valence-electron chi connectivity index (χ0n) is 11.5. The van der Waals surface area contributed by atoms with Crippen LogP contribution in [0.2, 0.25) is 5.15 Å². The number of rotatable bonds is 4. The highest BCUT2D eigenvalue weighted by atomic mass is 35.5. The van der Waals surface area contributed by atoms with Crippen molar-refractivity contribution in [3.8, 4) is 0 Å². The summed E-state index contributed by atoms with van der Waals surface area (Å²) in [5, 5.41) is 13.0. The second-order valence-corrected chi connectivity index (χ2v) is 6.62. The largest absolute Gasteiger partial charge is 0.343 e. The van der Waals surface area contributed by atoms with Gasteiger partial charge in [-0.2, -0.15) is 0 Å². The molecule has 0 aliphatic heterocycles. The number of hydrogen-bond acceptors (Lipinski definition) is 4. The molecule has 0 radical (unpaired) electrons. The summed E-state index contributed by atoms with van der Waals surface area (Å²) < 4.78 is 0. The van der Waals surface area contributed by atoms with Gasteiger partial charge in [0.05, 0.1) is 6.04 Å². The second-order valence-electron chi connectivity index (χ2n) is 5.25. The van der Waals surface area contributed by atoms with Gasteiger partial charge < -0.3 is 5.32 Å². The summed E-state index contributed by atoms with van der Waals surface area (Å²) in [5.41, 5.74) is 0.305. The Labute approximate surface area is 132 Å². The standard InChI is InChI=1S/C15H16ClN3OS/c16-13-8-7-11(18-19-13)15(20)17-14(10-4-1-2-5-10)12-6-3-9-21-12/h3,6-10,14H,1-2,4-5H2,(H,17,20). The van der Waals surface area contributed by atoms with Crippen LogP contribution in [0.1, 0.15) is 47.1 Å². The predicted molar refractivity (Wildman–Crippen MR) is 83.5 cm³/mol. The van der Waals surface area contributed by atoms with E-state index in [0.717, 1.165) is 12.8 Å². The monoisotopic (exact) mass is 321 g/mol. The molecule has 0 bridgehead atoms. The van der Waals surface area contributed by atoms with E-state index in [2.05, 4.69) is 21.6 Å². The van der Waals surface area contributed by atoms with Gasteiger partial charge in [-0.15, -0.1) is 21.5 Å². The molecule has 1 unspecified atom stereocenters. The first-order valence-electron chi connectivity index (χ1n) is 7.07. The highest BCUT2D eigenvalue weighted by molar-refractivity contribution is 7.10. The van der Waals surface area contributed by atoms with Crippen LogP contribution in [-0.2, 0) is 0 Å². The average molecular weight is 322 g/mol. The van der Waals surface area contributed by atoms with Crippen molar-refractivity contribution in [2.24, 2.45) is 5.92 Å². The van der Waals surface area contributed by atoms with Crippen LogP contribution in [0.15, 0.2) is 29.6 Å². The van der Waals surface area contributed by atoms with E-state index in [1.807, 2.05) is 11.4 Å². The lowest BCUT2D eigenvalue weighted by molar-refractivity contribution is 0.0916. The molecular formula is C15H16ClN3OS. The van der Waals surface area contributed by atoms with E-state index >= 15 is 0 Å². The molecule has 1 N–H and O–H groups in total. The van der Waals surface area contributed by atoms with Crippen molar-refractivity contribution in [2.45, 2.75) is 31.7 Å². The molecule has 1 aliphatic rings. The molecule has 110 valence electrons. The zero-order valence-corrected chi connectivity index (χ0v) is 13.0. The van der Waals surface area contributed by atoms with Crippen molar-refractivity contribution in [1.29, 1.82) is 0 Å². The number of hydrogen-bond donors (Lipinski definition) is 1. The molecule has 3 rings (SSSR count). The summed E-state index contributed by atoms with van der Waals surface area (Å²) in [5.74, 6) is 0.317. The van der Waals surface area contributed by atoms with E-state index in [0.29, 0.717) is 11.6 Å². The Morgan fingerprint density at radius 3 is 2.71 bits per heavy atom. The average Bonchev–Trinajstić information content (AvgIpc) is 3.19. The van der Waals surface area contributed by atoms with Gasteiger partial charge in [0.1, 0.15) is 0 Å². The molecular weight excluding hydrogens is 306 g/mol. The molecule has 2 heterocycles. The SMILES string of the molecule is O=C(NC(c1cccs1)C1CCCC1)c1ccc(Cl)nn1. The summed E-state index contributed by atoms with van der Waals surface area (Å²) in [4.78, 5) is 13.6. The van der Waals surface area contributed by atoms with Gasteiger partial charge in [-0.25, -0.2) is 0 Å². The maximum absolute atomic E-state index is 12.4. The minimum atomic E-state index is -0.190. The summed E-state index contributed by atoms with van der Waals surface area (Å²) >= 11 is 7.39. The van der Waals surface area contributed by atoms with E-state index in [4.69, 9.17) is 11.6 Å². The van der Waals surface area contributed by atoms with Crippen LogP contribution in [0.25, 0.3) is 0 Å². The number of carbonyl (C=O) groups excluding carboxylic acids is 1. The fraction of sp³-hybridized carbons (Fsp3) is 0.400. The highest BCUT2D eigenvalue weighted by Gasteiger charge is 2.29. The Morgan fingerprint density at radius 1 is 1.29 bits per heavy atom. The van der Waals surface area contributed by atoms with Gasteiger partial charge in [0, 0.05) is 4.88 Å². The summed E-state index contributed by atoms with van der Waals surface area (Å²) in [6.45, 7) is 0. The van der Waals surface area contributed by atoms with Gasteiger partial charge in [0.2, 0.25) is 0 Å². The molecule has 1 aliphatic carbocycles. The maximum Gasteiger partial charge on any atom is 0.272 e. The van der Waals surface area contributed by atoms with Crippen molar-refractivity contribution in [3.05, 3.63) is 45.4 Å². The number of thiophene rings is 1. The number of aromatic nitrogens is 2. The lowest BCUT2D eigenvalue weighted by Gasteiger charge is -2.23. The summed E-state index contributed by atoms with van der Waals surface area (Å²) in [7, 11) is 0. The molecule has 1 fully saturated rings. The zero-order chi connectivity index (χ0) is 14.7. The van der Waals surface area contributed by atoms with Crippen LogP contribution in [0, 0.1) is 5.92 Å². The van der Waals surface area contributed by atoms with Crippen molar-refractivity contribution < 1.29 is 4.79 Å². The molecule has 2 aromatic heterocycles. The Bertz CT molecular complexity index is 594. The number of nitrogens with zero attached hydrogens (tertiary/aromatic N) is 2. The molecule has 4 nitrogen and oxygen atoms in total. The van der Waals surface area contributed by atoms with Crippen LogP contribution in [0.4, 0.5) is 0 Å². The van der Waals surface area contributed by atoms with Crippen molar-refractivity contribution >= 4 is 28.8 Å². The fourth-order valence-corrected chi connectivity index (χ4v) is 3.80. The topological polar surface area (TPSA) is 54.9 Å². The third-order valence-electron chi connectivity index (χ3n) is 3.87. The van der Waals surface area contributed by atoms with Gasteiger partial charge in [-0.05, 0) is 42.3 Å². The van der Waals surface area contributed by atoms with E-state index < -0.39 is 0 Å². The van der Waals surface area contributed by atoms with Crippen molar-refractivity contribution in [3.63, 3.8) is 0 Å². The molecule has 0 spiro atoms. The molecule has 21 heavy (non-hydrogen) atoms. The molecule has 1 atom stereocenters. The first-order chi connectivity index (χ1) is 10.2. The van der Waals surface area contributed by atoms with Gasteiger partial charge >= 0.3 is 0 Å². The van der Waals surface area contributed by atoms with Gasteiger partial charge in [0.15, 0.2) is 10.8 Å². The minimum Gasteiger partial charge on any atom is -0.343 e. The van der Waals surface area contributed by atoms with Gasteiger partial charge in [-0.3, -0.25) is 4.79 Å². The number of nitrogens with one attached hydrogen (secondary N) is 1. The van der Waals surface area contributed by atoms with Gasteiger partial charge in [0.25, 0.3) is 5.91 Å².